The topological polar surface area (TPSA) is 46.3 Å². The fraction of sp³-hybridized carbons (Fsp3) is 0.444. The van der Waals surface area contributed by atoms with Crippen molar-refractivity contribution >= 4 is 5.91 Å². The highest BCUT2D eigenvalue weighted by atomic mass is 16.1. The Bertz CT molecular complexity index is 233. The number of carbonyl (C=O) groups is 1. The second kappa shape index (κ2) is 3.01. The molecule has 2 atom stereocenters. The lowest BCUT2D eigenvalue weighted by molar-refractivity contribution is -0.116. The molecule has 0 bridgehead atoms. The van der Waals surface area contributed by atoms with Crippen molar-refractivity contribution in [2.45, 2.75) is 25.9 Å². The van der Waals surface area contributed by atoms with E-state index < -0.39 is 5.91 Å². The monoisotopic (exact) mass is 166 g/mol. The maximum absolute atomic E-state index is 10.8. The molecular weight excluding hydrogens is 152 g/mol. The Kier molecular flexibility index (Phi) is 2.22. The number of nitrogens with zero attached hydrogens (tertiary/aromatic N) is 1. The van der Waals surface area contributed by atoms with Crippen molar-refractivity contribution in [1.82, 2.24) is 4.90 Å². The van der Waals surface area contributed by atoms with Gasteiger partial charge in [0.25, 0.3) is 5.91 Å². The van der Waals surface area contributed by atoms with Gasteiger partial charge in [0.1, 0.15) is 0 Å². The molecule has 0 aromatic carbocycles. The molecule has 0 spiro atoms. The number of rotatable bonds is 2. The lowest BCUT2D eigenvalue weighted by atomic mass is 10.2. The zero-order valence-corrected chi connectivity index (χ0v) is 7.45. The summed E-state index contributed by atoms with van der Waals surface area (Å²) >= 11 is 0. The quantitative estimate of drug-likeness (QED) is 0.483. The van der Waals surface area contributed by atoms with Crippen LogP contribution in [0.15, 0.2) is 24.4 Å². The van der Waals surface area contributed by atoms with Gasteiger partial charge in [0.05, 0.1) is 5.70 Å². The third-order valence-electron chi connectivity index (χ3n) is 2.14. The summed E-state index contributed by atoms with van der Waals surface area (Å²) in [6, 6.07) is 0.444. The van der Waals surface area contributed by atoms with Crippen LogP contribution >= 0.6 is 0 Å². The van der Waals surface area contributed by atoms with Crippen LogP contribution in [0, 0.1) is 0 Å². The fourth-order valence-corrected chi connectivity index (χ4v) is 1.50. The van der Waals surface area contributed by atoms with Gasteiger partial charge < -0.3 is 10.6 Å². The van der Waals surface area contributed by atoms with Crippen LogP contribution in [0.2, 0.25) is 0 Å². The average molecular weight is 166 g/mol. The summed E-state index contributed by atoms with van der Waals surface area (Å²) in [5.74, 6) is -0.447. The Labute approximate surface area is 72.5 Å². The van der Waals surface area contributed by atoms with Crippen LogP contribution in [0.25, 0.3) is 0 Å². The van der Waals surface area contributed by atoms with Crippen LogP contribution in [-0.4, -0.2) is 22.9 Å². The molecule has 1 amide bonds. The van der Waals surface area contributed by atoms with Gasteiger partial charge >= 0.3 is 0 Å². The molecule has 0 aliphatic carbocycles. The maximum Gasteiger partial charge on any atom is 0.264 e. The molecule has 12 heavy (non-hydrogen) atoms. The molecule has 2 N–H and O–H groups in total. The molecule has 0 aromatic rings. The van der Waals surface area contributed by atoms with Gasteiger partial charge in [0.2, 0.25) is 0 Å². The highest BCUT2D eigenvalue weighted by Crippen LogP contribution is 2.20. The van der Waals surface area contributed by atoms with Crippen molar-refractivity contribution < 1.29 is 4.79 Å². The molecule has 1 rings (SSSR count). The first-order valence-corrected chi connectivity index (χ1v) is 3.99. The number of carbonyl (C=O) groups excluding carboxylic acids is 1. The first-order chi connectivity index (χ1) is 5.54. The van der Waals surface area contributed by atoms with E-state index in [1.54, 1.807) is 0 Å². The maximum atomic E-state index is 10.8. The predicted octanol–water partition coefficient (Wildman–Crippen LogP) is 0.634. The molecule has 1 aliphatic heterocycles. The van der Waals surface area contributed by atoms with E-state index in [0.717, 1.165) is 0 Å². The van der Waals surface area contributed by atoms with E-state index in [1.165, 1.54) is 0 Å². The Morgan fingerprint density at radius 2 is 1.83 bits per heavy atom. The minimum atomic E-state index is -0.447. The second-order valence-corrected chi connectivity index (χ2v) is 3.08. The highest BCUT2D eigenvalue weighted by molar-refractivity contribution is 5.90. The molecule has 0 aromatic heterocycles. The zero-order chi connectivity index (χ0) is 9.30. The largest absolute Gasteiger partial charge is 0.364 e. The van der Waals surface area contributed by atoms with E-state index in [0.29, 0.717) is 5.70 Å². The van der Waals surface area contributed by atoms with Crippen molar-refractivity contribution in [2.24, 2.45) is 5.73 Å². The van der Waals surface area contributed by atoms with E-state index in [4.69, 9.17) is 5.73 Å². The van der Waals surface area contributed by atoms with Gasteiger partial charge in [-0.15, -0.1) is 0 Å². The molecule has 0 saturated carbocycles. The average Bonchev–Trinajstić information content (AvgIpc) is 2.30. The minimum Gasteiger partial charge on any atom is -0.364 e. The molecule has 0 radical (unpaired) electrons. The number of primary amides is 1. The van der Waals surface area contributed by atoms with E-state index in [2.05, 4.69) is 6.58 Å². The second-order valence-electron chi connectivity index (χ2n) is 3.08. The van der Waals surface area contributed by atoms with Gasteiger partial charge in [0, 0.05) is 12.1 Å². The van der Waals surface area contributed by atoms with Gasteiger partial charge in [-0.2, -0.15) is 0 Å². The summed E-state index contributed by atoms with van der Waals surface area (Å²) in [6.45, 7) is 7.66. The lowest BCUT2D eigenvalue weighted by Gasteiger charge is -2.28. The lowest BCUT2D eigenvalue weighted by Crippen LogP contribution is -2.37. The van der Waals surface area contributed by atoms with Gasteiger partial charge in [-0.1, -0.05) is 18.7 Å². The molecule has 1 aliphatic rings. The molecule has 1 heterocycles. The van der Waals surface area contributed by atoms with E-state index >= 15 is 0 Å². The van der Waals surface area contributed by atoms with Gasteiger partial charge in [-0.3, -0.25) is 4.79 Å². The zero-order valence-electron chi connectivity index (χ0n) is 7.45. The summed E-state index contributed by atoms with van der Waals surface area (Å²) < 4.78 is 0. The molecule has 0 saturated heterocycles. The van der Waals surface area contributed by atoms with Gasteiger partial charge in [0.15, 0.2) is 0 Å². The van der Waals surface area contributed by atoms with Crippen molar-refractivity contribution in [3.8, 4) is 0 Å². The summed E-state index contributed by atoms with van der Waals surface area (Å²) in [6.07, 6.45) is 4.08. The van der Waals surface area contributed by atoms with Crippen LogP contribution in [0.3, 0.4) is 0 Å². The Morgan fingerprint density at radius 3 is 2.17 bits per heavy atom. The van der Waals surface area contributed by atoms with Gasteiger partial charge in [-0.05, 0) is 13.8 Å². The number of amides is 1. The fourth-order valence-electron chi connectivity index (χ4n) is 1.50. The van der Waals surface area contributed by atoms with Gasteiger partial charge in [-0.25, -0.2) is 0 Å². The van der Waals surface area contributed by atoms with Crippen LogP contribution in [0.4, 0.5) is 0 Å². The van der Waals surface area contributed by atoms with Crippen LogP contribution in [-0.2, 0) is 4.79 Å². The third-order valence-corrected chi connectivity index (χ3v) is 2.14. The van der Waals surface area contributed by atoms with Crippen LogP contribution in [0.5, 0.6) is 0 Å². The summed E-state index contributed by atoms with van der Waals surface area (Å²) in [4.78, 5) is 12.7. The first kappa shape index (κ1) is 8.84. The van der Waals surface area contributed by atoms with E-state index in [1.807, 2.05) is 30.9 Å². The van der Waals surface area contributed by atoms with E-state index in [-0.39, 0.29) is 12.1 Å². The molecule has 0 unspecified atom stereocenters. The third kappa shape index (κ3) is 1.35. The Hall–Kier alpha value is -1.25. The number of hydrogen-bond donors (Lipinski definition) is 1. The molecule has 3 heteroatoms. The van der Waals surface area contributed by atoms with Crippen molar-refractivity contribution in [3.05, 3.63) is 24.4 Å². The normalized spacial score (nSPS) is 27.7. The number of nitrogens with two attached hydrogens (primary N) is 1. The van der Waals surface area contributed by atoms with Crippen molar-refractivity contribution in [2.75, 3.05) is 0 Å². The Balaban J connectivity index is 2.76. The van der Waals surface area contributed by atoms with E-state index in [9.17, 15) is 4.79 Å². The number of hydrogen-bond acceptors (Lipinski definition) is 2. The van der Waals surface area contributed by atoms with Crippen molar-refractivity contribution in [1.29, 1.82) is 0 Å². The SMILES string of the molecule is C=C(C(N)=O)N1[C@@H](C)C=C[C@@H]1C. The summed E-state index contributed by atoms with van der Waals surface area (Å²) in [5, 5.41) is 0. The van der Waals surface area contributed by atoms with Crippen LogP contribution in [0.1, 0.15) is 13.8 Å². The van der Waals surface area contributed by atoms with Crippen LogP contribution < -0.4 is 5.73 Å². The summed E-state index contributed by atoms with van der Waals surface area (Å²) in [7, 11) is 0. The smallest absolute Gasteiger partial charge is 0.264 e. The molecule has 66 valence electrons. The minimum absolute atomic E-state index is 0.222. The molecule has 0 fully saturated rings. The Morgan fingerprint density at radius 1 is 1.42 bits per heavy atom. The highest BCUT2D eigenvalue weighted by Gasteiger charge is 2.25. The standard InChI is InChI=1S/C9H14N2O/c1-6-4-5-7(2)11(6)8(3)9(10)12/h4-7H,3H2,1-2H3,(H2,10,12)/t6-,7-/m0/s1. The first-order valence-electron chi connectivity index (χ1n) is 3.99. The molecular formula is C9H14N2O. The molecule has 3 nitrogen and oxygen atoms in total. The van der Waals surface area contributed by atoms with Crippen molar-refractivity contribution in [3.63, 3.8) is 0 Å². The predicted molar refractivity (Wildman–Crippen MR) is 48.2 cm³/mol. The summed E-state index contributed by atoms with van der Waals surface area (Å²) in [5.41, 5.74) is 5.52.